The third-order valence-corrected chi connectivity index (χ3v) is 2.41. The van der Waals surface area contributed by atoms with E-state index in [-0.39, 0.29) is 11.7 Å². The van der Waals surface area contributed by atoms with Crippen LogP contribution < -0.4 is 4.90 Å². The molecular formula is C9H5NO2. The standard InChI is InChI=1S/C9H5NO2/c11-8-7-5-2-1-3-6(7)10(4-5)9(8)12/h1-3H,4H2. The summed E-state index contributed by atoms with van der Waals surface area (Å²) >= 11 is 0. The second-order valence-electron chi connectivity index (χ2n) is 3.03. The smallest absolute Gasteiger partial charge is 0.299 e. The summed E-state index contributed by atoms with van der Waals surface area (Å²) < 4.78 is 0. The lowest BCUT2D eigenvalue weighted by Crippen LogP contribution is -2.31. The molecule has 0 fully saturated rings. The Labute approximate surface area is 68.6 Å². The Morgan fingerprint density at radius 3 is 2.83 bits per heavy atom. The number of rotatable bonds is 0. The van der Waals surface area contributed by atoms with Gasteiger partial charge in [0, 0.05) is 0 Å². The van der Waals surface area contributed by atoms with Crippen LogP contribution in [0.4, 0.5) is 5.69 Å². The van der Waals surface area contributed by atoms with Crippen molar-refractivity contribution in [1.82, 2.24) is 0 Å². The van der Waals surface area contributed by atoms with E-state index in [1.807, 2.05) is 18.2 Å². The number of hydrogen-bond donors (Lipinski definition) is 0. The van der Waals surface area contributed by atoms with Gasteiger partial charge in [-0.2, -0.15) is 0 Å². The maximum atomic E-state index is 11.3. The van der Waals surface area contributed by atoms with E-state index in [2.05, 4.69) is 0 Å². The van der Waals surface area contributed by atoms with Gasteiger partial charge in [-0.3, -0.25) is 9.59 Å². The molecule has 0 radical (unpaired) electrons. The summed E-state index contributed by atoms with van der Waals surface area (Å²) in [5.74, 6) is -0.712. The van der Waals surface area contributed by atoms with Gasteiger partial charge in [-0.05, 0) is 11.6 Å². The molecule has 1 aromatic rings. The van der Waals surface area contributed by atoms with Crippen molar-refractivity contribution in [1.29, 1.82) is 0 Å². The van der Waals surface area contributed by atoms with Crippen molar-refractivity contribution in [2.75, 3.05) is 4.90 Å². The number of carbonyl (C=O) groups is 2. The quantitative estimate of drug-likeness (QED) is 0.523. The first-order chi connectivity index (χ1) is 5.79. The van der Waals surface area contributed by atoms with E-state index in [0.717, 1.165) is 11.3 Å². The van der Waals surface area contributed by atoms with Crippen LogP contribution in [0.1, 0.15) is 15.9 Å². The molecule has 3 heteroatoms. The number of benzene rings is 1. The molecule has 0 spiro atoms. The summed E-state index contributed by atoms with van der Waals surface area (Å²) in [6, 6.07) is 5.58. The molecule has 0 saturated heterocycles. The molecule has 4 bridgehead atoms. The van der Waals surface area contributed by atoms with Crippen LogP contribution in [-0.4, -0.2) is 11.7 Å². The minimum Gasteiger partial charge on any atom is -0.300 e. The van der Waals surface area contributed by atoms with Gasteiger partial charge in [0.25, 0.3) is 11.7 Å². The van der Waals surface area contributed by atoms with Gasteiger partial charge in [0.1, 0.15) is 0 Å². The molecule has 3 nitrogen and oxygen atoms in total. The Morgan fingerprint density at radius 1 is 1.25 bits per heavy atom. The molecule has 0 unspecified atom stereocenters. The number of Topliss-reactive ketones (excluding diaryl/α,β-unsaturated/α-hetero) is 1. The van der Waals surface area contributed by atoms with E-state index in [9.17, 15) is 9.59 Å². The first-order valence-electron chi connectivity index (χ1n) is 3.77. The highest BCUT2D eigenvalue weighted by Gasteiger charge is 2.42. The topological polar surface area (TPSA) is 37.4 Å². The van der Waals surface area contributed by atoms with Gasteiger partial charge in [0.15, 0.2) is 0 Å². The predicted molar refractivity (Wildman–Crippen MR) is 42.0 cm³/mol. The number of carbonyl (C=O) groups excluding carboxylic acids is 2. The van der Waals surface area contributed by atoms with Gasteiger partial charge >= 0.3 is 0 Å². The number of ketones is 1. The van der Waals surface area contributed by atoms with Crippen molar-refractivity contribution in [3.63, 3.8) is 0 Å². The SMILES string of the molecule is O=C1C(=O)N2Cc3cccc2c31. The average Bonchev–Trinajstić information content (AvgIpc) is 2.41. The van der Waals surface area contributed by atoms with Crippen LogP contribution in [0.25, 0.3) is 0 Å². The van der Waals surface area contributed by atoms with Gasteiger partial charge in [0.2, 0.25) is 0 Å². The Bertz CT molecular complexity index is 423. The summed E-state index contributed by atoms with van der Waals surface area (Å²) in [5.41, 5.74) is 2.40. The Balaban J connectivity index is 2.43. The molecule has 2 aliphatic heterocycles. The van der Waals surface area contributed by atoms with E-state index in [0.29, 0.717) is 12.1 Å². The van der Waals surface area contributed by atoms with Crippen molar-refractivity contribution in [2.24, 2.45) is 0 Å². The van der Waals surface area contributed by atoms with Crippen LogP contribution >= 0.6 is 0 Å². The summed E-state index contributed by atoms with van der Waals surface area (Å²) in [7, 11) is 0. The lowest BCUT2D eigenvalue weighted by Gasteiger charge is -2.10. The Hall–Kier alpha value is -1.64. The van der Waals surface area contributed by atoms with Crippen LogP contribution in [0.3, 0.4) is 0 Å². The number of nitrogens with zero attached hydrogens (tertiary/aromatic N) is 1. The first-order valence-corrected chi connectivity index (χ1v) is 3.77. The molecule has 1 aromatic carbocycles. The molecule has 0 aliphatic carbocycles. The molecule has 58 valence electrons. The first kappa shape index (κ1) is 5.94. The van der Waals surface area contributed by atoms with E-state index >= 15 is 0 Å². The molecule has 2 aliphatic rings. The van der Waals surface area contributed by atoms with Crippen molar-refractivity contribution in [3.8, 4) is 0 Å². The summed E-state index contributed by atoms with van der Waals surface area (Å²) in [4.78, 5) is 24.0. The van der Waals surface area contributed by atoms with E-state index in [4.69, 9.17) is 0 Å². The minimum atomic E-state index is -0.372. The lowest BCUT2D eigenvalue weighted by molar-refractivity contribution is -0.114. The normalized spacial score (nSPS) is 17.8. The van der Waals surface area contributed by atoms with Gasteiger partial charge in [-0.15, -0.1) is 0 Å². The zero-order valence-electron chi connectivity index (χ0n) is 6.20. The van der Waals surface area contributed by atoms with Gasteiger partial charge in [0.05, 0.1) is 17.8 Å². The Morgan fingerprint density at radius 2 is 2.08 bits per heavy atom. The second-order valence-corrected chi connectivity index (χ2v) is 3.03. The third-order valence-electron chi connectivity index (χ3n) is 2.41. The maximum absolute atomic E-state index is 11.3. The average molecular weight is 159 g/mol. The van der Waals surface area contributed by atoms with Crippen LogP contribution in [-0.2, 0) is 11.3 Å². The predicted octanol–water partition coefficient (Wildman–Crippen LogP) is 0.729. The molecule has 0 atom stereocenters. The minimum absolute atomic E-state index is 0.341. The second kappa shape index (κ2) is 1.58. The third kappa shape index (κ3) is 0.432. The fraction of sp³-hybridized carbons (Fsp3) is 0.111. The molecular weight excluding hydrogens is 154 g/mol. The van der Waals surface area contributed by atoms with Crippen molar-refractivity contribution < 1.29 is 9.59 Å². The summed E-state index contributed by atoms with van der Waals surface area (Å²) in [5, 5.41) is 0. The highest BCUT2D eigenvalue weighted by Crippen LogP contribution is 2.38. The largest absolute Gasteiger partial charge is 0.300 e. The molecule has 3 rings (SSSR count). The number of amides is 1. The van der Waals surface area contributed by atoms with E-state index in [1.165, 1.54) is 4.90 Å². The van der Waals surface area contributed by atoms with Gasteiger partial charge in [-0.1, -0.05) is 12.1 Å². The van der Waals surface area contributed by atoms with Crippen molar-refractivity contribution in [2.45, 2.75) is 6.54 Å². The fourth-order valence-electron chi connectivity index (χ4n) is 1.87. The van der Waals surface area contributed by atoms with Crippen LogP contribution in [0, 0.1) is 0 Å². The molecule has 0 aromatic heterocycles. The van der Waals surface area contributed by atoms with Crippen molar-refractivity contribution >= 4 is 17.4 Å². The molecule has 1 amide bonds. The molecule has 12 heavy (non-hydrogen) atoms. The number of anilines is 1. The fourth-order valence-corrected chi connectivity index (χ4v) is 1.87. The van der Waals surface area contributed by atoms with Gasteiger partial charge in [-0.25, -0.2) is 0 Å². The number of hydrogen-bond acceptors (Lipinski definition) is 2. The van der Waals surface area contributed by atoms with Crippen LogP contribution in [0.2, 0.25) is 0 Å². The van der Waals surface area contributed by atoms with Crippen LogP contribution in [0.5, 0.6) is 0 Å². The highest BCUT2D eigenvalue weighted by molar-refractivity contribution is 6.53. The van der Waals surface area contributed by atoms with E-state index < -0.39 is 0 Å². The highest BCUT2D eigenvalue weighted by atomic mass is 16.2. The zero-order valence-corrected chi connectivity index (χ0v) is 6.20. The summed E-state index contributed by atoms with van der Waals surface area (Å²) in [6.07, 6.45) is 0. The van der Waals surface area contributed by atoms with Gasteiger partial charge < -0.3 is 4.90 Å². The van der Waals surface area contributed by atoms with Crippen LogP contribution in [0.15, 0.2) is 18.2 Å². The zero-order chi connectivity index (χ0) is 8.29. The lowest BCUT2D eigenvalue weighted by atomic mass is 10.1. The molecule has 2 heterocycles. The summed E-state index contributed by atoms with van der Waals surface area (Å²) in [6.45, 7) is 0.586. The Kier molecular flexibility index (Phi) is 0.781. The van der Waals surface area contributed by atoms with Crippen molar-refractivity contribution in [3.05, 3.63) is 29.3 Å². The molecule has 0 saturated carbocycles. The monoisotopic (exact) mass is 159 g/mol. The maximum Gasteiger partial charge on any atom is 0.299 e. The molecule has 0 N–H and O–H groups in total. The van der Waals surface area contributed by atoms with E-state index in [1.54, 1.807) is 0 Å².